The number of hydrogen-bond acceptors (Lipinski definition) is 3. The molecular formula is C11H13NO3. The molecule has 0 heterocycles. The monoisotopic (exact) mass is 207 g/mol. The number of rotatable bonds is 2. The van der Waals surface area contributed by atoms with Gasteiger partial charge in [-0.15, -0.1) is 0 Å². The molecule has 0 aliphatic carbocycles. The summed E-state index contributed by atoms with van der Waals surface area (Å²) < 4.78 is 0. The van der Waals surface area contributed by atoms with E-state index in [9.17, 15) is 4.79 Å². The summed E-state index contributed by atoms with van der Waals surface area (Å²) in [6.45, 7) is 5.52. The zero-order chi connectivity index (χ0) is 11.6. The number of hydrogen-bond donors (Lipinski definition) is 2. The van der Waals surface area contributed by atoms with Crippen LogP contribution in [0, 0.1) is 20.8 Å². The Morgan fingerprint density at radius 2 is 1.67 bits per heavy atom. The lowest BCUT2D eigenvalue weighted by molar-refractivity contribution is -0.129. The van der Waals surface area contributed by atoms with Crippen LogP contribution < -0.4 is 0 Å². The maximum Gasteiger partial charge on any atom is 0.358 e. The van der Waals surface area contributed by atoms with Crippen LogP contribution in [0.5, 0.6) is 0 Å². The second-order valence-corrected chi connectivity index (χ2v) is 3.53. The third kappa shape index (κ3) is 2.15. The molecule has 0 atom stereocenters. The number of carboxylic acid groups (broad SMARTS) is 1. The first-order valence-electron chi connectivity index (χ1n) is 4.51. The molecule has 0 radical (unpaired) electrons. The largest absolute Gasteiger partial charge is 0.476 e. The van der Waals surface area contributed by atoms with Gasteiger partial charge in [0, 0.05) is 5.56 Å². The highest BCUT2D eigenvalue weighted by atomic mass is 16.4. The van der Waals surface area contributed by atoms with Gasteiger partial charge in [0.05, 0.1) is 0 Å². The van der Waals surface area contributed by atoms with E-state index in [4.69, 9.17) is 10.3 Å². The van der Waals surface area contributed by atoms with E-state index in [1.54, 1.807) is 13.8 Å². The normalized spacial score (nSPS) is 11.5. The molecule has 0 saturated carbocycles. The lowest BCUT2D eigenvalue weighted by Gasteiger charge is -2.09. The van der Waals surface area contributed by atoms with Gasteiger partial charge in [-0.3, -0.25) is 0 Å². The maximum atomic E-state index is 10.8. The number of oxime groups is 1. The summed E-state index contributed by atoms with van der Waals surface area (Å²) in [5, 5.41) is 20.4. The molecule has 4 nitrogen and oxygen atoms in total. The Morgan fingerprint density at radius 3 is 2.00 bits per heavy atom. The molecule has 2 N–H and O–H groups in total. The van der Waals surface area contributed by atoms with E-state index in [1.165, 1.54) is 0 Å². The summed E-state index contributed by atoms with van der Waals surface area (Å²) in [5.41, 5.74) is 2.81. The molecule has 1 aromatic rings. The summed E-state index contributed by atoms with van der Waals surface area (Å²) in [7, 11) is 0. The summed E-state index contributed by atoms with van der Waals surface area (Å²) >= 11 is 0. The van der Waals surface area contributed by atoms with E-state index >= 15 is 0 Å². The highest BCUT2D eigenvalue weighted by molar-refractivity contribution is 6.43. The predicted molar refractivity (Wildman–Crippen MR) is 56.6 cm³/mol. The Kier molecular flexibility index (Phi) is 3.09. The molecule has 0 aliphatic heterocycles. The SMILES string of the molecule is Cc1cc(C)c(/C(=N/O)C(=O)O)c(C)c1. The molecule has 0 bridgehead atoms. The van der Waals surface area contributed by atoms with Crippen LogP contribution in [-0.4, -0.2) is 22.0 Å². The first-order valence-corrected chi connectivity index (χ1v) is 4.51. The lowest BCUT2D eigenvalue weighted by atomic mass is 9.96. The van der Waals surface area contributed by atoms with Crippen LogP contribution in [0.1, 0.15) is 22.3 Å². The molecule has 80 valence electrons. The number of nitrogens with zero attached hydrogens (tertiary/aromatic N) is 1. The van der Waals surface area contributed by atoms with Gasteiger partial charge in [-0.2, -0.15) is 0 Å². The molecule has 0 saturated heterocycles. The first-order chi connectivity index (χ1) is 6.97. The third-order valence-corrected chi connectivity index (χ3v) is 2.22. The molecule has 0 aliphatic rings. The van der Waals surface area contributed by atoms with Gasteiger partial charge in [0.25, 0.3) is 0 Å². The van der Waals surface area contributed by atoms with Crippen molar-refractivity contribution in [3.63, 3.8) is 0 Å². The fraction of sp³-hybridized carbons (Fsp3) is 0.273. The van der Waals surface area contributed by atoms with E-state index in [-0.39, 0.29) is 5.71 Å². The summed E-state index contributed by atoms with van der Waals surface area (Å²) in [6.07, 6.45) is 0. The van der Waals surface area contributed by atoms with Crippen molar-refractivity contribution in [3.05, 3.63) is 34.4 Å². The molecule has 0 unspecified atom stereocenters. The van der Waals surface area contributed by atoms with Crippen LogP contribution in [0.4, 0.5) is 0 Å². The van der Waals surface area contributed by atoms with Gasteiger partial charge < -0.3 is 10.3 Å². The van der Waals surface area contributed by atoms with Crippen molar-refractivity contribution in [3.8, 4) is 0 Å². The van der Waals surface area contributed by atoms with Crippen molar-refractivity contribution >= 4 is 11.7 Å². The average molecular weight is 207 g/mol. The van der Waals surface area contributed by atoms with Crippen molar-refractivity contribution < 1.29 is 15.1 Å². The minimum absolute atomic E-state index is 0.315. The van der Waals surface area contributed by atoms with Crippen molar-refractivity contribution in [1.29, 1.82) is 0 Å². The summed E-state index contributed by atoms with van der Waals surface area (Å²) in [6, 6.07) is 3.72. The third-order valence-electron chi connectivity index (χ3n) is 2.22. The Hall–Kier alpha value is -1.84. The Morgan fingerprint density at radius 1 is 1.20 bits per heavy atom. The lowest BCUT2D eigenvalue weighted by Crippen LogP contribution is -2.17. The first kappa shape index (κ1) is 11.2. The Balaban J connectivity index is 3.43. The van der Waals surface area contributed by atoms with E-state index in [1.807, 2.05) is 19.1 Å². The minimum atomic E-state index is -1.23. The van der Waals surface area contributed by atoms with E-state index in [0.29, 0.717) is 5.56 Å². The molecule has 1 rings (SSSR count). The summed E-state index contributed by atoms with van der Waals surface area (Å²) in [5.74, 6) is -1.23. The molecule has 0 amide bonds. The molecule has 0 fully saturated rings. The smallest absolute Gasteiger partial charge is 0.358 e. The highest BCUT2D eigenvalue weighted by Crippen LogP contribution is 2.17. The van der Waals surface area contributed by atoms with Gasteiger partial charge in [0.15, 0.2) is 5.71 Å². The number of benzene rings is 1. The topological polar surface area (TPSA) is 69.9 Å². The molecular weight excluding hydrogens is 194 g/mol. The maximum absolute atomic E-state index is 10.8. The number of aliphatic carboxylic acids is 1. The van der Waals surface area contributed by atoms with Gasteiger partial charge in [-0.25, -0.2) is 4.79 Å². The number of aryl methyl sites for hydroxylation is 3. The van der Waals surface area contributed by atoms with Crippen LogP contribution in [0.3, 0.4) is 0 Å². The second-order valence-electron chi connectivity index (χ2n) is 3.53. The quantitative estimate of drug-likeness (QED) is 0.442. The van der Waals surface area contributed by atoms with Crippen LogP contribution in [0.15, 0.2) is 17.3 Å². The second kappa shape index (κ2) is 4.13. The fourth-order valence-corrected chi connectivity index (χ4v) is 1.75. The Bertz CT molecular complexity index is 412. The fourth-order valence-electron chi connectivity index (χ4n) is 1.75. The standard InChI is InChI=1S/C11H13NO3/c1-6-4-7(2)9(8(3)5-6)10(12-15)11(13)14/h4-5,15H,1-3H3,(H,13,14)/b12-10-. The molecule has 0 aromatic heterocycles. The van der Waals surface area contributed by atoms with E-state index in [2.05, 4.69) is 5.16 Å². The van der Waals surface area contributed by atoms with Crippen LogP contribution in [-0.2, 0) is 4.79 Å². The predicted octanol–water partition coefficient (Wildman–Crippen LogP) is 1.87. The van der Waals surface area contributed by atoms with Crippen LogP contribution in [0.2, 0.25) is 0 Å². The van der Waals surface area contributed by atoms with Gasteiger partial charge in [-0.05, 0) is 31.9 Å². The van der Waals surface area contributed by atoms with Crippen LogP contribution in [0.25, 0.3) is 0 Å². The van der Waals surface area contributed by atoms with E-state index < -0.39 is 5.97 Å². The average Bonchev–Trinajstić information content (AvgIpc) is 2.09. The van der Waals surface area contributed by atoms with E-state index in [0.717, 1.165) is 16.7 Å². The number of carboxylic acids is 1. The van der Waals surface area contributed by atoms with Crippen molar-refractivity contribution in [1.82, 2.24) is 0 Å². The zero-order valence-electron chi connectivity index (χ0n) is 8.90. The molecule has 1 aromatic carbocycles. The summed E-state index contributed by atoms with van der Waals surface area (Å²) in [4.78, 5) is 10.8. The molecule has 0 spiro atoms. The Labute approximate surface area is 87.9 Å². The number of carbonyl (C=O) groups is 1. The van der Waals surface area contributed by atoms with Crippen LogP contribution >= 0.6 is 0 Å². The van der Waals surface area contributed by atoms with Crippen molar-refractivity contribution in [2.75, 3.05) is 0 Å². The molecule has 15 heavy (non-hydrogen) atoms. The van der Waals surface area contributed by atoms with Gasteiger partial charge in [0.2, 0.25) is 0 Å². The minimum Gasteiger partial charge on any atom is -0.476 e. The highest BCUT2D eigenvalue weighted by Gasteiger charge is 2.18. The van der Waals surface area contributed by atoms with Crippen molar-refractivity contribution in [2.24, 2.45) is 5.16 Å². The van der Waals surface area contributed by atoms with Gasteiger partial charge in [-0.1, -0.05) is 22.9 Å². The molecule has 4 heteroatoms. The zero-order valence-corrected chi connectivity index (χ0v) is 8.90. The van der Waals surface area contributed by atoms with Crippen molar-refractivity contribution in [2.45, 2.75) is 20.8 Å². The van der Waals surface area contributed by atoms with Gasteiger partial charge >= 0.3 is 5.97 Å². The van der Waals surface area contributed by atoms with Gasteiger partial charge in [0.1, 0.15) is 0 Å².